The molecule has 0 aliphatic rings. The van der Waals surface area contributed by atoms with Crippen LogP contribution in [-0.2, 0) is 14.3 Å². The van der Waals surface area contributed by atoms with E-state index in [1.165, 1.54) is 13.0 Å². The van der Waals surface area contributed by atoms with E-state index in [-0.39, 0.29) is 19.4 Å². The predicted octanol–water partition coefficient (Wildman–Crippen LogP) is 2.25. The van der Waals surface area contributed by atoms with E-state index in [1.54, 1.807) is 13.2 Å². The van der Waals surface area contributed by atoms with E-state index in [4.69, 9.17) is 14.2 Å². The van der Waals surface area contributed by atoms with Gasteiger partial charge in [0.1, 0.15) is 12.5 Å². The van der Waals surface area contributed by atoms with Gasteiger partial charge in [-0.1, -0.05) is 18.2 Å². The Morgan fingerprint density at radius 1 is 1.29 bits per heavy atom. The summed E-state index contributed by atoms with van der Waals surface area (Å²) in [6.07, 6.45) is 3.21. The molecule has 1 rings (SSSR count). The van der Waals surface area contributed by atoms with Crippen LogP contribution in [0.2, 0.25) is 0 Å². The van der Waals surface area contributed by atoms with E-state index >= 15 is 0 Å². The number of hydrogen-bond donors (Lipinski definition) is 0. The van der Waals surface area contributed by atoms with E-state index in [0.717, 1.165) is 5.56 Å². The minimum atomic E-state index is -0.00423. The van der Waals surface area contributed by atoms with Crippen molar-refractivity contribution in [2.45, 2.75) is 6.92 Å². The van der Waals surface area contributed by atoms with E-state index in [9.17, 15) is 4.79 Å². The van der Waals surface area contributed by atoms with Crippen molar-refractivity contribution < 1.29 is 19.0 Å². The van der Waals surface area contributed by atoms with Crippen molar-refractivity contribution in [2.24, 2.45) is 0 Å². The van der Waals surface area contributed by atoms with Gasteiger partial charge in [0.25, 0.3) is 0 Å². The number of allylic oxidation sites excluding steroid dienone is 1. The molecule has 0 aliphatic heterocycles. The predicted molar refractivity (Wildman–Crippen MR) is 64.6 cm³/mol. The van der Waals surface area contributed by atoms with Gasteiger partial charge in [-0.15, -0.1) is 0 Å². The lowest BCUT2D eigenvalue weighted by atomic mass is 10.2. The van der Waals surface area contributed by atoms with Gasteiger partial charge in [0.05, 0.1) is 0 Å². The average Bonchev–Trinajstić information content (AvgIpc) is 2.33. The molecule has 0 spiro atoms. The monoisotopic (exact) mass is 236 g/mol. The molecule has 0 aliphatic carbocycles. The van der Waals surface area contributed by atoms with Gasteiger partial charge in [-0.05, 0) is 25.1 Å². The number of rotatable bonds is 7. The van der Waals surface area contributed by atoms with Crippen LogP contribution >= 0.6 is 0 Å². The molecule has 0 bridgehead atoms. The summed E-state index contributed by atoms with van der Waals surface area (Å²) < 4.78 is 15.2. The van der Waals surface area contributed by atoms with Crippen LogP contribution < -0.4 is 4.74 Å². The maximum Gasteiger partial charge on any atom is 0.191 e. The molecule has 1 aromatic carbocycles. The maximum absolute atomic E-state index is 10.9. The first-order chi connectivity index (χ1) is 8.24. The number of para-hydroxylation sites is 1. The minimum Gasteiger partial charge on any atom is -0.467 e. The zero-order valence-corrected chi connectivity index (χ0v) is 10.0. The number of carbonyl (C=O) groups is 1. The van der Waals surface area contributed by atoms with Crippen molar-refractivity contribution in [1.29, 1.82) is 0 Å². The highest BCUT2D eigenvalue weighted by atomic mass is 16.7. The molecular formula is C13H16O4. The van der Waals surface area contributed by atoms with Crippen molar-refractivity contribution in [3.8, 4) is 5.75 Å². The van der Waals surface area contributed by atoms with E-state index in [1.807, 2.05) is 24.3 Å². The molecule has 0 unspecified atom stereocenters. The average molecular weight is 236 g/mol. The normalized spacial score (nSPS) is 10.7. The van der Waals surface area contributed by atoms with E-state index in [0.29, 0.717) is 5.75 Å². The van der Waals surface area contributed by atoms with Crippen LogP contribution in [0.25, 0.3) is 6.08 Å². The van der Waals surface area contributed by atoms with Crippen molar-refractivity contribution >= 4 is 11.9 Å². The van der Waals surface area contributed by atoms with Gasteiger partial charge in [-0.2, -0.15) is 0 Å². The fourth-order valence-corrected chi connectivity index (χ4v) is 1.18. The summed E-state index contributed by atoms with van der Waals surface area (Å²) in [7, 11) is 1.55. The summed E-state index contributed by atoms with van der Waals surface area (Å²) in [5, 5.41) is 0. The summed E-state index contributed by atoms with van der Waals surface area (Å²) >= 11 is 0. The fourth-order valence-electron chi connectivity index (χ4n) is 1.18. The van der Waals surface area contributed by atoms with Crippen molar-refractivity contribution in [2.75, 3.05) is 20.7 Å². The van der Waals surface area contributed by atoms with Crippen molar-refractivity contribution in [3.63, 3.8) is 0 Å². The molecule has 0 amide bonds. The Morgan fingerprint density at radius 2 is 2.06 bits per heavy atom. The third-order valence-corrected chi connectivity index (χ3v) is 1.92. The van der Waals surface area contributed by atoms with Crippen LogP contribution in [0.4, 0.5) is 0 Å². The Morgan fingerprint density at radius 3 is 2.76 bits per heavy atom. The molecule has 0 heterocycles. The SMILES string of the molecule is COCOCOc1ccccc1/C=C/C(C)=O. The maximum atomic E-state index is 10.9. The molecule has 1 aromatic rings. The Labute approximate surface area is 101 Å². The second-order valence-corrected chi connectivity index (χ2v) is 3.35. The third kappa shape index (κ3) is 5.29. The molecule has 4 heteroatoms. The Balaban J connectivity index is 2.61. The Hall–Kier alpha value is -1.65. The first-order valence-electron chi connectivity index (χ1n) is 5.21. The summed E-state index contributed by atoms with van der Waals surface area (Å²) in [6, 6.07) is 7.42. The fraction of sp³-hybridized carbons (Fsp3) is 0.308. The molecule has 0 saturated heterocycles. The van der Waals surface area contributed by atoms with Crippen molar-refractivity contribution in [3.05, 3.63) is 35.9 Å². The van der Waals surface area contributed by atoms with Crippen LogP contribution in [0.1, 0.15) is 12.5 Å². The number of ketones is 1. The molecule has 92 valence electrons. The van der Waals surface area contributed by atoms with Crippen molar-refractivity contribution in [1.82, 2.24) is 0 Å². The lowest BCUT2D eigenvalue weighted by molar-refractivity contribution is -0.112. The first kappa shape index (κ1) is 13.4. The van der Waals surface area contributed by atoms with Crippen LogP contribution in [0.3, 0.4) is 0 Å². The second kappa shape index (κ2) is 7.60. The number of carbonyl (C=O) groups excluding carboxylic acids is 1. The number of methoxy groups -OCH3 is 1. The molecule has 0 aromatic heterocycles. The smallest absolute Gasteiger partial charge is 0.191 e. The zero-order valence-electron chi connectivity index (χ0n) is 10.0. The van der Waals surface area contributed by atoms with Gasteiger partial charge in [0.2, 0.25) is 0 Å². The Kier molecular flexibility index (Phi) is 5.99. The topological polar surface area (TPSA) is 44.8 Å². The van der Waals surface area contributed by atoms with Crippen LogP contribution in [0.15, 0.2) is 30.3 Å². The van der Waals surface area contributed by atoms with E-state index in [2.05, 4.69) is 0 Å². The highest BCUT2D eigenvalue weighted by Crippen LogP contribution is 2.19. The summed E-state index contributed by atoms with van der Waals surface area (Å²) in [6.45, 7) is 1.80. The van der Waals surface area contributed by atoms with Gasteiger partial charge >= 0.3 is 0 Å². The lowest BCUT2D eigenvalue weighted by Crippen LogP contribution is -2.05. The van der Waals surface area contributed by atoms with Gasteiger partial charge in [-0.25, -0.2) is 0 Å². The van der Waals surface area contributed by atoms with Gasteiger partial charge < -0.3 is 14.2 Å². The van der Waals surface area contributed by atoms with Gasteiger partial charge in [-0.3, -0.25) is 4.79 Å². The molecule has 0 saturated carbocycles. The van der Waals surface area contributed by atoms with Crippen LogP contribution in [0.5, 0.6) is 5.75 Å². The highest BCUT2D eigenvalue weighted by Gasteiger charge is 1.99. The Bertz CT molecular complexity index is 385. The molecular weight excluding hydrogens is 220 g/mol. The standard InChI is InChI=1S/C13H16O4/c1-11(14)7-8-12-5-3-4-6-13(12)17-10-16-9-15-2/h3-8H,9-10H2,1-2H3/b8-7+. The molecule has 0 radical (unpaired) electrons. The molecule has 0 N–H and O–H groups in total. The first-order valence-corrected chi connectivity index (χ1v) is 5.21. The number of ether oxygens (including phenoxy) is 3. The van der Waals surface area contributed by atoms with E-state index < -0.39 is 0 Å². The lowest BCUT2D eigenvalue weighted by Gasteiger charge is -2.08. The molecule has 0 fully saturated rings. The zero-order chi connectivity index (χ0) is 12.5. The summed E-state index contributed by atoms with van der Waals surface area (Å²) in [5.74, 6) is 0.663. The largest absolute Gasteiger partial charge is 0.467 e. The number of benzene rings is 1. The second-order valence-electron chi connectivity index (χ2n) is 3.35. The third-order valence-electron chi connectivity index (χ3n) is 1.92. The van der Waals surface area contributed by atoms with Crippen LogP contribution in [-0.4, -0.2) is 26.5 Å². The molecule has 0 atom stereocenters. The molecule has 4 nitrogen and oxygen atoms in total. The highest BCUT2D eigenvalue weighted by molar-refractivity contribution is 5.91. The molecule has 17 heavy (non-hydrogen) atoms. The minimum absolute atomic E-state index is 0.00423. The quantitative estimate of drug-likeness (QED) is 0.414. The number of hydrogen-bond acceptors (Lipinski definition) is 4. The van der Waals surface area contributed by atoms with Gasteiger partial charge in [0.15, 0.2) is 12.6 Å². The van der Waals surface area contributed by atoms with Gasteiger partial charge in [0, 0.05) is 12.7 Å². The van der Waals surface area contributed by atoms with Crippen LogP contribution in [0, 0.1) is 0 Å². The summed E-state index contributed by atoms with van der Waals surface area (Å²) in [4.78, 5) is 10.9. The summed E-state index contributed by atoms with van der Waals surface area (Å²) in [5.41, 5.74) is 0.837.